The van der Waals surface area contributed by atoms with Gasteiger partial charge in [0.25, 0.3) is 0 Å². The third kappa shape index (κ3) is 5.71. The van der Waals surface area contributed by atoms with Crippen molar-refractivity contribution in [2.45, 2.75) is 59.8 Å². The molecule has 18 heavy (non-hydrogen) atoms. The van der Waals surface area contributed by atoms with Crippen LogP contribution in [0, 0.1) is 11.3 Å². The Hall–Kier alpha value is -0.0800. The fourth-order valence-corrected chi connectivity index (χ4v) is 3.36. The summed E-state index contributed by atoms with van der Waals surface area (Å²) in [5, 5.41) is 3.63. The summed E-state index contributed by atoms with van der Waals surface area (Å²) in [5.41, 5.74) is 0.459. The summed E-state index contributed by atoms with van der Waals surface area (Å²) < 4.78 is 0. The van der Waals surface area contributed by atoms with Gasteiger partial charge in [0.05, 0.1) is 0 Å². The van der Waals surface area contributed by atoms with Crippen LogP contribution in [-0.2, 0) is 0 Å². The molecule has 108 valence electrons. The van der Waals surface area contributed by atoms with Crippen molar-refractivity contribution >= 4 is 0 Å². The molecule has 1 rings (SSSR count). The fourth-order valence-electron chi connectivity index (χ4n) is 3.36. The van der Waals surface area contributed by atoms with Crippen molar-refractivity contribution in [1.29, 1.82) is 0 Å². The van der Waals surface area contributed by atoms with E-state index in [1.165, 1.54) is 58.3 Å². The molecule has 2 atom stereocenters. The zero-order valence-electron chi connectivity index (χ0n) is 13.1. The molecule has 0 spiro atoms. The average Bonchev–Trinajstić information content (AvgIpc) is 2.29. The lowest BCUT2D eigenvalue weighted by Crippen LogP contribution is -2.45. The van der Waals surface area contributed by atoms with Gasteiger partial charge in [-0.15, -0.1) is 0 Å². The van der Waals surface area contributed by atoms with E-state index in [-0.39, 0.29) is 0 Å². The van der Waals surface area contributed by atoms with E-state index in [0.29, 0.717) is 5.41 Å². The van der Waals surface area contributed by atoms with E-state index in [4.69, 9.17) is 0 Å². The number of piperidine rings is 1. The van der Waals surface area contributed by atoms with Crippen molar-refractivity contribution in [2.75, 3.05) is 32.7 Å². The van der Waals surface area contributed by atoms with Crippen LogP contribution >= 0.6 is 0 Å². The minimum absolute atomic E-state index is 0.459. The first-order chi connectivity index (χ1) is 8.59. The molecule has 0 aromatic carbocycles. The summed E-state index contributed by atoms with van der Waals surface area (Å²) in [7, 11) is 0. The first kappa shape index (κ1) is 16.0. The molecule has 2 unspecified atom stereocenters. The van der Waals surface area contributed by atoms with Gasteiger partial charge in [-0.05, 0) is 50.1 Å². The second kappa shape index (κ2) is 8.16. The van der Waals surface area contributed by atoms with Crippen molar-refractivity contribution in [3.05, 3.63) is 0 Å². The van der Waals surface area contributed by atoms with Crippen LogP contribution in [0.3, 0.4) is 0 Å². The predicted molar refractivity (Wildman–Crippen MR) is 81.0 cm³/mol. The molecule has 1 fully saturated rings. The van der Waals surface area contributed by atoms with Crippen LogP contribution in [0.4, 0.5) is 0 Å². The fraction of sp³-hybridized carbons (Fsp3) is 1.00. The summed E-state index contributed by atoms with van der Waals surface area (Å²) >= 11 is 0. The van der Waals surface area contributed by atoms with Crippen molar-refractivity contribution in [3.8, 4) is 0 Å². The molecule has 0 radical (unpaired) electrons. The predicted octanol–water partition coefficient (Wildman–Crippen LogP) is 3.52. The van der Waals surface area contributed by atoms with Gasteiger partial charge in [0, 0.05) is 19.6 Å². The molecule has 1 aliphatic rings. The molecule has 0 amide bonds. The molecule has 1 saturated heterocycles. The third-order valence-electron chi connectivity index (χ3n) is 4.18. The summed E-state index contributed by atoms with van der Waals surface area (Å²) in [6.07, 6.45) is 6.70. The largest absolute Gasteiger partial charge is 0.316 e. The average molecular weight is 254 g/mol. The van der Waals surface area contributed by atoms with E-state index >= 15 is 0 Å². The molecule has 0 aliphatic carbocycles. The Bertz CT molecular complexity index is 217. The van der Waals surface area contributed by atoms with Gasteiger partial charge in [-0.1, -0.05) is 34.1 Å². The smallest absolute Gasteiger partial charge is 0.00476 e. The van der Waals surface area contributed by atoms with Gasteiger partial charge in [-0.3, -0.25) is 0 Å². The van der Waals surface area contributed by atoms with Crippen LogP contribution in [0.2, 0.25) is 0 Å². The molecule has 2 nitrogen and oxygen atoms in total. The summed E-state index contributed by atoms with van der Waals surface area (Å²) in [5.74, 6) is 0.897. The van der Waals surface area contributed by atoms with Crippen molar-refractivity contribution in [2.24, 2.45) is 11.3 Å². The highest BCUT2D eigenvalue weighted by Gasteiger charge is 2.27. The normalized spacial score (nSPS) is 25.0. The van der Waals surface area contributed by atoms with Crippen LogP contribution in [0.1, 0.15) is 59.8 Å². The lowest BCUT2D eigenvalue weighted by Gasteiger charge is -2.39. The van der Waals surface area contributed by atoms with Crippen molar-refractivity contribution in [1.82, 2.24) is 10.2 Å². The summed E-state index contributed by atoms with van der Waals surface area (Å²) in [6, 6.07) is 0. The maximum absolute atomic E-state index is 3.63. The lowest BCUT2D eigenvalue weighted by atomic mass is 9.83. The number of rotatable bonds is 8. The topological polar surface area (TPSA) is 15.3 Å². The monoisotopic (exact) mass is 254 g/mol. The molecule has 1 heterocycles. The number of hydrogen-bond acceptors (Lipinski definition) is 2. The van der Waals surface area contributed by atoms with E-state index < -0.39 is 0 Å². The number of nitrogens with zero attached hydrogens (tertiary/aromatic N) is 1. The highest BCUT2D eigenvalue weighted by atomic mass is 15.1. The Balaban J connectivity index is 2.43. The maximum atomic E-state index is 3.63. The van der Waals surface area contributed by atoms with Crippen LogP contribution in [0.25, 0.3) is 0 Å². The van der Waals surface area contributed by atoms with E-state index in [1.54, 1.807) is 0 Å². The minimum Gasteiger partial charge on any atom is -0.316 e. The first-order valence-corrected chi connectivity index (χ1v) is 8.02. The summed E-state index contributed by atoms with van der Waals surface area (Å²) in [4.78, 5) is 2.71. The Labute approximate surface area is 115 Å². The SMILES string of the molecule is CCCNCC(C)(CCC)CN1CCCC(C)C1. The zero-order chi connectivity index (χ0) is 13.4. The van der Waals surface area contributed by atoms with Gasteiger partial charge < -0.3 is 10.2 Å². The molecule has 1 N–H and O–H groups in total. The number of likely N-dealkylation sites (tertiary alicyclic amines) is 1. The quantitative estimate of drug-likeness (QED) is 0.667. The molecule has 0 aromatic rings. The first-order valence-electron chi connectivity index (χ1n) is 8.02. The van der Waals surface area contributed by atoms with E-state index in [2.05, 4.69) is 37.9 Å². The molecular formula is C16H34N2. The maximum Gasteiger partial charge on any atom is 0.00476 e. The molecule has 0 bridgehead atoms. The van der Waals surface area contributed by atoms with Crippen LogP contribution in [0.15, 0.2) is 0 Å². The van der Waals surface area contributed by atoms with Gasteiger partial charge in [0.1, 0.15) is 0 Å². The highest BCUT2D eigenvalue weighted by molar-refractivity contribution is 4.82. The number of hydrogen-bond donors (Lipinski definition) is 1. The second-order valence-electron chi connectivity index (χ2n) is 6.72. The second-order valence-corrected chi connectivity index (χ2v) is 6.72. The third-order valence-corrected chi connectivity index (χ3v) is 4.18. The van der Waals surface area contributed by atoms with Crippen LogP contribution < -0.4 is 5.32 Å². The van der Waals surface area contributed by atoms with Crippen LogP contribution in [0.5, 0.6) is 0 Å². The van der Waals surface area contributed by atoms with Crippen LogP contribution in [-0.4, -0.2) is 37.6 Å². The molecule has 2 heteroatoms. The van der Waals surface area contributed by atoms with Gasteiger partial charge >= 0.3 is 0 Å². The Morgan fingerprint density at radius 3 is 2.67 bits per heavy atom. The molecule has 0 aromatic heterocycles. The van der Waals surface area contributed by atoms with Gasteiger partial charge in [-0.25, -0.2) is 0 Å². The van der Waals surface area contributed by atoms with Gasteiger partial charge in [-0.2, -0.15) is 0 Å². The van der Waals surface area contributed by atoms with Crippen molar-refractivity contribution in [3.63, 3.8) is 0 Å². The van der Waals surface area contributed by atoms with Crippen molar-refractivity contribution < 1.29 is 0 Å². The minimum atomic E-state index is 0.459. The summed E-state index contributed by atoms with van der Waals surface area (Å²) in [6.45, 7) is 15.7. The Morgan fingerprint density at radius 1 is 1.28 bits per heavy atom. The van der Waals surface area contributed by atoms with Gasteiger partial charge in [0.15, 0.2) is 0 Å². The highest BCUT2D eigenvalue weighted by Crippen LogP contribution is 2.26. The Morgan fingerprint density at radius 2 is 2.06 bits per heavy atom. The molecular weight excluding hydrogens is 220 g/mol. The Kier molecular flexibility index (Phi) is 7.25. The van der Waals surface area contributed by atoms with Gasteiger partial charge in [0.2, 0.25) is 0 Å². The van der Waals surface area contributed by atoms with E-state index in [1.807, 2.05) is 0 Å². The molecule has 0 saturated carbocycles. The zero-order valence-corrected chi connectivity index (χ0v) is 13.1. The van der Waals surface area contributed by atoms with E-state index in [9.17, 15) is 0 Å². The standard InChI is InChI=1S/C16H34N2/c1-5-9-16(4,13-17-10-6-2)14-18-11-7-8-15(3)12-18/h15,17H,5-14H2,1-4H3. The van der Waals surface area contributed by atoms with E-state index in [0.717, 1.165) is 12.5 Å². The lowest BCUT2D eigenvalue weighted by molar-refractivity contribution is 0.109. The number of nitrogens with one attached hydrogen (secondary N) is 1. The molecule has 1 aliphatic heterocycles.